The first kappa shape index (κ1) is 12.6. The van der Waals surface area contributed by atoms with Gasteiger partial charge in [0.05, 0.1) is 17.6 Å². The second-order valence-corrected chi connectivity index (χ2v) is 5.81. The predicted molar refractivity (Wildman–Crippen MR) is 78.1 cm³/mol. The molecule has 3 rings (SSSR count). The van der Waals surface area contributed by atoms with E-state index in [0.717, 1.165) is 5.56 Å². The molecule has 1 fully saturated rings. The van der Waals surface area contributed by atoms with E-state index in [1.54, 1.807) is 12.3 Å². The number of amides is 1. The van der Waals surface area contributed by atoms with Crippen molar-refractivity contribution in [1.29, 1.82) is 0 Å². The van der Waals surface area contributed by atoms with Gasteiger partial charge in [0.1, 0.15) is 5.76 Å². The van der Waals surface area contributed by atoms with E-state index < -0.39 is 0 Å². The topological polar surface area (TPSA) is 67.1 Å². The summed E-state index contributed by atoms with van der Waals surface area (Å²) in [5, 5.41) is 8.21. The minimum atomic E-state index is -0.116. The molecule has 2 aromatic rings. The Morgan fingerprint density at radius 1 is 1.53 bits per heavy atom. The minimum Gasteiger partial charge on any atom is -0.469 e. The molecule has 0 bridgehead atoms. The summed E-state index contributed by atoms with van der Waals surface area (Å²) in [5.74, 6) is 1.40. The van der Waals surface area contributed by atoms with E-state index in [1.165, 1.54) is 21.4 Å². The van der Waals surface area contributed by atoms with E-state index >= 15 is 0 Å². The molecule has 0 aromatic carbocycles. The zero-order valence-corrected chi connectivity index (χ0v) is 12.2. The fourth-order valence-corrected chi connectivity index (χ4v) is 3.06. The van der Waals surface area contributed by atoms with Crippen molar-refractivity contribution in [3.05, 3.63) is 22.9 Å². The van der Waals surface area contributed by atoms with Crippen molar-refractivity contribution in [2.75, 3.05) is 10.8 Å². The number of rotatable bonds is 2. The molecule has 2 aromatic heterocycles. The van der Waals surface area contributed by atoms with Crippen LogP contribution in [0, 0.1) is 11.7 Å². The number of hydrogen-bond acceptors (Lipinski definition) is 6. The van der Waals surface area contributed by atoms with Crippen LogP contribution in [0.4, 0.5) is 0 Å². The highest BCUT2D eigenvalue weighted by molar-refractivity contribution is 8.24. The van der Waals surface area contributed by atoms with Crippen LogP contribution in [0.5, 0.6) is 0 Å². The first-order chi connectivity index (χ1) is 9.09. The van der Waals surface area contributed by atoms with Crippen molar-refractivity contribution in [1.82, 2.24) is 14.9 Å². The molecule has 9 heteroatoms. The predicted octanol–water partition coefficient (Wildman–Crippen LogP) is 2.01. The maximum Gasteiger partial charge on any atom is 0.257 e. The summed E-state index contributed by atoms with van der Waals surface area (Å²) < 4.78 is 7.55. The molecule has 1 amide bonds. The quantitative estimate of drug-likeness (QED) is 0.856. The second kappa shape index (κ2) is 4.58. The Kier molecular flexibility index (Phi) is 3.03. The number of carbonyl (C=O) groups excluding carboxylic acids is 1. The Morgan fingerprint density at radius 2 is 2.32 bits per heavy atom. The third-order valence-electron chi connectivity index (χ3n) is 2.68. The summed E-state index contributed by atoms with van der Waals surface area (Å²) in [5.41, 5.74) is 0.764. The van der Waals surface area contributed by atoms with Crippen LogP contribution in [0.15, 0.2) is 16.7 Å². The van der Waals surface area contributed by atoms with E-state index in [-0.39, 0.29) is 5.91 Å². The van der Waals surface area contributed by atoms with Crippen molar-refractivity contribution >= 4 is 46.4 Å². The fraction of sp³-hybridized carbons (Fsp3) is 0.200. The molecule has 3 heterocycles. The average molecular weight is 312 g/mol. The Bertz CT molecular complexity index is 713. The average Bonchev–Trinajstić information content (AvgIpc) is 3.02. The first-order valence-corrected chi connectivity index (χ1v) is 7.11. The molecule has 1 saturated heterocycles. The van der Waals surface area contributed by atoms with Crippen LogP contribution in [-0.4, -0.2) is 30.9 Å². The van der Waals surface area contributed by atoms with Gasteiger partial charge in [-0.3, -0.25) is 4.79 Å². The molecule has 1 aliphatic rings. The van der Waals surface area contributed by atoms with Gasteiger partial charge in [-0.1, -0.05) is 24.0 Å². The molecule has 0 radical (unpaired) electrons. The molecular weight excluding hydrogens is 304 g/mol. The summed E-state index contributed by atoms with van der Waals surface area (Å²) in [7, 11) is 0. The largest absolute Gasteiger partial charge is 0.469 e. The number of thioether (sulfide) groups is 1. The second-order valence-electron chi connectivity index (χ2n) is 3.81. The zero-order valence-electron chi connectivity index (χ0n) is 9.74. The van der Waals surface area contributed by atoms with Crippen molar-refractivity contribution < 1.29 is 9.21 Å². The van der Waals surface area contributed by atoms with E-state index in [2.05, 4.69) is 10.2 Å². The van der Waals surface area contributed by atoms with Gasteiger partial charge in [-0.15, -0.1) is 0 Å². The van der Waals surface area contributed by atoms with Gasteiger partial charge in [-0.05, 0) is 25.2 Å². The van der Waals surface area contributed by atoms with Crippen LogP contribution in [-0.2, 0) is 4.79 Å². The molecule has 1 N–H and O–H groups in total. The maximum atomic E-state index is 11.9. The highest BCUT2D eigenvalue weighted by Crippen LogP contribution is 2.26. The SMILES string of the molecule is Cc1occc1-c1n[nH]c(=S)n1N1C(=O)CSC1=S. The smallest absolute Gasteiger partial charge is 0.257 e. The van der Waals surface area contributed by atoms with Gasteiger partial charge in [0.25, 0.3) is 5.91 Å². The van der Waals surface area contributed by atoms with Crippen LogP contribution in [0.3, 0.4) is 0 Å². The van der Waals surface area contributed by atoms with Gasteiger partial charge < -0.3 is 4.42 Å². The Hall–Kier alpha value is -1.45. The Labute approximate surface area is 122 Å². The minimum absolute atomic E-state index is 0.116. The third-order valence-corrected chi connectivity index (χ3v) is 4.28. The van der Waals surface area contributed by atoms with Gasteiger partial charge in [-0.2, -0.15) is 14.8 Å². The normalized spacial score (nSPS) is 15.5. The van der Waals surface area contributed by atoms with E-state index in [4.69, 9.17) is 28.9 Å². The molecule has 6 nitrogen and oxygen atoms in total. The molecule has 0 spiro atoms. The van der Waals surface area contributed by atoms with Gasteiger partial charge in [0.2, 0.25) is 4.77 Å². The maximum absolute atomic E-state index is 11.9. The lowest BCUT2D eigenvalue weighted by Crippen LogP contribution is -2.39. The van der Waals surface area contributed by atoms with E-state index in [0.29, 0.717) is 26.4 Å². The number of nitrogens with one attached hydrogen (secondary N) is 1. The van der Waals surface area contributed by atoms with Gasteiger partial charge in [0, 0.05) is 0 Å². The molecule has 98 valence electrons. The molecule has 19 heavy (non-hydrogen) atoms. The van der Waals surface area contributed by atoms with Gasteiger partial charge >= 0.3 is 0 Å². The van der Waals surface area contributed by atoms with Crippen LogP contribution in [0.25, 0.3) is 11.4 Å². The van der Waals surface area contributed by atoms with Crippen molar-refractivity contribution in [3.63, 3.8) is 0 Å². The molecular formula is C10H8N4O2S3. The van der Waals surface area contributed by atoms with Crippen LogP contribution in [0.2, 0.25) is 0 Å². The summed E-state index contributed by atoms with van der Waals surface area (Å²) >= 11 is 11.7. The summed E-state index contributed by atoms with van der Waals surface area (Å²) in [6, 6.07) is 1.77. The standard InChI is InChI=1S/C10H8N4O2S3/c1-5-6(2-3-16-5)8-11-12-9(17)14(8)13-7(15)4-19-10(13)18/h2-3H,4H2,1H3,(H,12,17). The molecule has 0 saturated carbocycles. The Morgan fingerprint density at radius 3 is 2.89 bits per heavy atom. The van der Waals surface area contributed by atoms with Crippen molar-refractivity contribution in [2.45, 2.75) is 6.92 Å². The van der Waals surface area contributed by atoms with Gasteiger partial charge in [-0.25, -0.2) is 5.10 Å². The molecule has 0 unspecified atom stereocenters. The molecule has 0 atom stereocenters. The zero-order chi connectivity index (χ0) is 13.6. The number of H-pyrrole nitrogens is 1. The molecule has 1 aliphatic heterocycles. The number of aryl methyl sites for hydroxylation is 1. The summed E-state index contributed by atoms with van der Waals surface area (Å²) in [6.07, 6.45) is 1.56. The van der Waals surface area contributed by atoms with Gasteiger partial charge in [0.15, 0.2) is 10.1 Å². The van der Waals surface area contributed by atoms with Crippen LogP contribution in [0.1, 0.15) is 5.76 Å². The lowest BCUT2D eigenvalue weighted by atomic mass is 10.2. The lowest BCUT2D eigenvalue weighted by molar-refractivity contribution is -0.116. The molecule has 0 aliphatic carbocycles. The Balaban J connectivity index is 2.20. The highest BCUT2D eigenvalue weighted by atomic mass is 32.2. The lowest BCUT2D eigenvalue weighted by Gasteiger charge is -2.17. The third kappa shape index (κ3) is 1.94. The fourth-order valence-electron chi connectivity index (χ4n) is 1.81. The number of hydrogen-bond donors (Lipinski definition) is 1. The number of carbonyl (C=O) groups is 1. The van der Waals surface area contributed by atoms with Crippen LogP contribution >= 0.6 is 36.2 Å². The number of aromatic nitrogens is 3. The summed E-state index contributed by atoms with van der Waals surface area (Å²) in [4.78, 5) is 11.9. The van der Waals surface area contributed by atoms with E-state index in [9.17, 15) is 4.79 Å². The van der Waals surface area contributed by atoms with Crippen molar-refractivity contribution in [3.8, 4) is 11.4 Å². The number of nitrogens with zero attached hydrogens (tertiary/aromatic N) is 3. The summed E-state index contributed by atoms with van der Waals surface area (Å²) in [6.45, 7) is 1.82. The highest BCUT2D eigenvalue weighted by Gasteiger charge is 2.31. The number of furan rings is 1. The van der Waals surface area contributed by atoms with Crippen LogP contribution < -0.4 is 5.01 Å². The van der Waals surface area contributed by atoms with Crippen molar-refractivity contribution in [2.24, 2.45) is 0 Å². The monoisotopic (exact) mass is 312 g/mol. The first-order valence-electron chi connectivity index (χ1n) is 5.31. The van der Waals surface area contributed by atoms with E-state index in [1.807, 2.05) is 6.92 Å². The number of thiocarbonyl (C=S) groups is 1. The number of aromatic amines is 1.